The molecule has 0 aliphatic carbocycles. The Morgan fingerprint density at radius 1 is 1.27 bits per heavy atom. The summed E-state index contributed by atoms with van der Waals surface area (Å²) in [7, 11) is 5.97. The Kier molecular flexibility index (Phi) is 5.62. The van der Waals surface area contributed by atoms with E-state index in [1.165, 1.54) is 0 Å². The van der Waals surface area contributed by atoms with Crippen LogP contribution in [0.1, 0.15) is 18.4 Å². The van der Waals surface area contributed by atoms with E-state index in [1.807, 2.05) is 43.3 Å². The number of aromatic nitrogens is 2. The number of nitriles is 1. The Morgan fingerprint density at radius 3 is 2.81 bits per heavy atom. The minimum atomic E-state index is 0.337. The van der Waals surface area contributed by atoms with Gasteiger partial charge in [-0.05, 0) is 37.1 Å². The van der Waals surface area contributed by atoms with Crippen molar-refractivity contribution in [1.82, 2.24) is 9.97 Å². The third-order valence-electron chi connectivity index (χ3n) is 4.75. The van der Waals surface area contributed by atoms with Gasteiger partial charge in [-0.15, -0.1) is 0 Å². The van der Waals surface area contributed by atoms with Gasteiger partial charge in [0.15, 0.2) is 0 Å². The van der Waals surface area contributed by atoms with Crippen LogP contribution in [0.4, 0.5) is 17.5 Å². The first-order valence-corrected chi connectivity index (χ1v) is 9.46. The second-order valence-corrected chi connectivity index (χ2v) is 7.65. The van der Waals surface area contributed by atoms with Crippen molar-refractivity contribution in [2.45, 2.75) is 18.9 Å². The molecule has 0 amide bonds. The molecule has 1 aromatic heterocycles. The third kappa shape index (κ3) is 3.91. The van der Waals surface area contributed by atoms with Gasteiger partial charge >= 0.3 is 0 Å². The highest BCUT2D eigenvalue weighted by molar-refractivity contribution is 9.10. The fourth-order valence-corrected chi connectivity index (χ4v) is 3.66. The molecule has 26 heavy (non-hydrogen) atoms. The lowest BCUT2D eigenvalue weighted by atomic mass is 10.0. The SMILES string of the molecule is CN(C)c1nccc(N(C)C2CCCN(c3ccc(Br)cc3C#N)C2)n1. The maximum atomic E-state index is 9.48. The van der Waals surface area contributed by atoms with Crippen LogP contribution in [-0.4, -0.2) is 50.2 Å². The molecule has 0 N–H and O–H groups in total. The van der Waals surface area contributed by atoms with Gasteiger partial charge in [0.25, 0.3) is 0 Å². The van der Waals surface area contributed by atoms with E-state index in [2.05, 4.69) is 48.8 Å². The molecule has 3 rings (SSSR count). The molecule has 1 aliphatic rings. The predicted octanol–water partition coefficient (Wildman–Crippen LogP) is 3.28. The van der Waals surface area contributed by atoms with Crippen molar-refractivity contribution in [2.75, 3.05) is 48.9 Å². The second-order valence-electron chi connectivity index (χ2n) is 6.74. The largest absolute Gasteiger partial charge is 0.368 e. The molecule has 1 aliphatic heterocycles. The van der Waals surface area contributed by atoms with Crippen molar-refractivity contribution in [3.63, 3.8) is 0 Å². The zero-order valence-corrected chi connectivity index (χ0v) is 16.9. The van der Waals surface area contributed by atoms with Crippen LogP contribution in [0.3, 0.4) is 0 Å². The van der Waals surface area contributed by atoms with Crippen LogP contribution < -0.4 is 14.7 Å². The smallest absolute Gasteiger partial charge is 0.226 e. The highest BCUT2D eigenvalue weighted by Gasteiger charge is 2.26. The molecule has 1 atom stereocenters. The number of rotatable bonds is 4. The van der Waals surface area contributed by atoms with E-state index in [9.17, 15) is 5.26 Å². The van der Waals surface area contributed by atoms with Crippen molar-refractivity contribution in [1.29, 1.82) is 5.26 Å². The van der Waals surface area contributed by atoms with Crippen LogP contribution in [0.25, 0.3) is 0 Å². The van der Waals surface area contributed by atoms with Gasteiger partial charge in [0.05, 0.1) is 11.3 Å². The highest BCUT2D eigenvalue weighted by Crippen LogP contribution is 2.29. The summed E-state index contributed by atoms with van der Waals surface area (Å²) in [6.07, 6.45) is 3.99. The molecule has 0 radical (unpaired) electrons. The lowest BCUT2D eigenvalue weighted by Gasteiger charge is -2.39. The quantitative estimate of drug-likeness (QED) is 0.764. The molecule has 1 aromatic carbocycles. The summed E-state index contributed by atoms with van der Waals surface area (Å²) in [6.45, 7) is 1.83. The number of hydrogen-bond donors (Lipinski definition) is 0. The molecule has 0 bridgehead atoms. The van der Waals surface area contributed by atoms with E-state index >= 15 is 0 Å². The van der Waals surface area contributed by atoms with Gasteiger partial charge < -0.3 is 14.7 Å². The van der Waals surface area contributed by atoms with Crippen LogP contribution in [0, 0.1) is 11.3 Å². The fraction of sp³-hybridized carbons (Fsp3) is 0.421. The molecule has 2 heterocycles. The van der Waals surface area contributed by atoms with Gasteiger partial charge in [0.1, 0.15) is 11.9 Å². The summed E-state index contributed by atoms with van der Waals surface area (Å²) in [5.41, 5.74) is 1.71. The minimum absolute atomic E-state index is 0.337. The van der Waals surface area contributed by atoms with Crippen LogP contribution in [-0.2, 0) is 0 Å². The van der Waals surface area contributed by atoms with Gasteiger partial charge in [0, 0.05) is 50.9 Å². The van der Waals surface area contributed by atoms with Gasteiger partial charge in [-0.3, -0.25) is 0 Å². The van der Waals surface area contributed by atoms with Crippen LogP contribution in [0.5, 0.6) is 0 Å². The van der Waals surface area contributed by atoms with Crippen molar-refractivity contribution in [2.24, 2.45) is 0 Å². The Bertz CT molecular complexity index is 816. The number of benzene rings is 1. The van der Waals surface area contributed by atoms with Gasteiger partial charge in [-0.1, -0.05) is 15.9 Å². The molecule has 1 unspecified atom stereocenters. The van der Waals surface area contributed by atoms with E-state index in [0.29, 0.717) is 17.6 Å². The van der Waals surface area contributed by atoms with Crippen molar-refractivity contribution < 1.29 is 0 Å². The lowest BCUT2D eigenvalue weighted by Crippen LogP contribution is -2.47. The Labute approximate surface area is 163 Å². The van der Waals surface area contributed by atoms with E-state index in [0.717, 1.165) is 41.9 Å². The number of anilines is 3. The molecule has 7 heteroatoms. The van der Waals surface area contributed by atoms with Gasteiger partial charge in [-0.2, -0.15) is 10.2 Å². The molecule has 6 nitrogen and oxygen atoms in total. The molecule has 1 fully saturated rings. The summed E-state index contributed by atoms with van der Waals surface area (Å²) < 4.78 is 0.931. The van der Waals surface area contributed by atoms with E-state index in [1.54, 1.807) is 6.20 Å². The fourth-order valence-electron chi connectivity index (χ4n) is 3.30. The van der Waals surface area contributed by atoms with Crippen molar-refractivity contribution in [3.8, 4) is 6.07 Å². The monoisotopic (exact) mass is 414 g/mol. The minimum Gasteiger partial charge on any atom is -0.368 e. The molecule has 1 saturated heterocycles. The molecule has 0 spiro atoms. The summed E-state index contributed by atoms with van der Waals surface area (Å²) in [5, 5.41) is 9.48. The van der Waals surface area contributed by atoms with Gasteiger partial charge in [0.2, 0.25) is 5.95 Å². The number of nitrogens with zero attached hydrogens (tertiary/aromatic N) is 6. The van der Waals surface area contributed by atoms with Crippen LogP contribution >= 0.6 is 15.9 Å². The zero-order valence-electron chi connectivity index (χ0n) is 15.4. The van der Waals surface area contributed by atoms with E-state index < -0.39 is 0 Å². The van der Waals surface area contributed by atoms with Crippen molar-refractivity contribution in [3.05, 3.63) is 40.5 Å². The van der Waals surface area contributed by atoms with E-state index in [4.69, 9.17) is 0 Å². The van der Waals surface area contributed by atoms with Crippen LogP contribution in [0.15, 0.2) is 34.9 Å². The standard InChI is InChI=1S/C19H23BrN6/c1-24(2)19-22-9-8-18(23-19)25(3)16-5-4-10-26(13-16)17-7-6-15(20)11-14(17)12-21/h6-9,11,16H,4-5,10,13H2,1-3H3. The molecule has 0 saturated carbocycles. The van der Waals surface area contributed by atoms with Gasteiger partial charge in [-0.25, -0.2) is 4.98 Å². The van der Waals surface area contributed by atoms with E-state index in [-0.39, 0.29) is 0 Å². The number of likely N-dealkylation sites (N-methyl/N-ethyl adjacent to an activating group) is 1. The number of halogens is 1. The zero-order chi connectivity index (χ0) is 18.7. The Morgan fingerprint density at radius 2 is 2.08 bits per heavy atom. The van der Waals surface area contributed by atoms with Crippen molar-refractivity contribution >= 4 is 33.4 Å². The normalized spacial score (nSPS) is 16.9. The predicted molar refractivity (Wildman–Crippen MR) is 109 cm³/mol. The second kappa shape index (κ2) is 7.92. The maximum Gasteiger partial charge on any atom is 0.226 e. The summed E-state index contributed by atoms with van der Waals surface area (Å²) >= 11 is 3.45. The molecule has 2 aromatic rings. The maximum absolute atomic E-state index is 9.48. The topological polar surface area (TPSA) is 59.3 Å². The summed E-state index contributed by atoms with van der Waals surface area (Å²) in [4.78, 5) is 15.4. The lowest BCUT2D eigenvalue weighted by molar-refractivity contribution is 0.485. The number of piperidine rings is 1. The first kappa shape index (κ1) is 18.5. The molecule has 136 valence electrons. The first-order chi connectivity index (χ1) is 12.5. The average molecular weight is 415 g/mol. The first-order valence-electron chi connectivity index (χ1n) is 8.67. The molecular formula is C19H23BrN6. The Hall–Kier alpha value is -2.33. The summed E-state index contributed by atoms with van der Waals surface area (Å²) in [6, 6.07) is 10.5. The third-order valence-corrected chi connectivity index (χ3v) is 5.25. The van der Waals surface area contributed by atoms with Crippen LogP contribution in [0.2, 0.25) is 0 Å². The average Bonchev–Trinajstić information content (AvgIpc) is 2.67. The Balaban J connectivity index is 1.80. The molecular weight excluding hydrogens is 392 g/mol. The summed E-state index contributed by atoms with van der Waals surface area (Å²) in [5.74, 6) is 1.63. The number of hydrogen-bond acceptors (Lipinski definition) is 6. The highest BCUT2D eigenvalue weighted by atomic mass is 79.9.